The van der Waals surface area contributed by atoms with Gasteiger partial charge >= 0.3 is 0 Å². The van der Waals surface area contributed by atoms with E-state index in [4.69, 9.17) is 0 Å². The summed E-state index contributed by atoms with van der Waals surface area (Å²) >= 11 is 0. The van der Waals surface area contributed by atoms with Gasteiger partial charge in [-0.25, -0.2) is 0 Å². The van der Waals surface area contributed by atoms with E-state index in [-0.39, 0.29) is 11.9 Å². The summed E-state index contributed by atoms with van der Waals surface area (Å²) in [6.45, 7) is 5.21. The molecular formula is C16H24N2O. The molecule has 3 heteroatoms. The van der Waals surface area contributed by atoms with E-state index in [2.05, 4.69) is 30.5 Å². The number of para-hydroxylation sites is 1. The molecule has 1 aromatic rings. The van der Waals surface area contributed by atoms with E-state index >= 15 is 0 Å². The van der Waals surface area contributed by atoms with E-state index in [0.29, 0.717) is 5.92 Å². The first-order valence-electron chi connectivity index (χ1n) is 7.29. The Bertz CT molecular complexity index is 429. The third-order valence-corrected chi connectivity index (χ3v) is 3.62. The second kappa shape index (κ2) is 6.60. The maximum absolute atomic E-state index is 12.1. The number of hydrogen-bond acceptors (Lipinski definition) is 2. The highest BCUT2D eigenvalue weighted by atomic mass is 16.2. The van der Waals surface area contributed by atoms with Gasteiger partial charge in [-0.15, -0.1) is 0 Å². The van der Waals surface area contributed by atoms with E-state index in [1.807, 2.05) is 18.2 Å². The molecule has 1 heterocycles. The van der Waals surface area contributed by atoms with Crippen LogP contribution in [0.25, 0.3) is 0 Å². The first-order chi connectivity index (χ1) is 9.16. The maximum Gasteiger partial charge on any atom is 0.242 e. The molecule has 1 aromatic carbocycles. The van der Waals surface area contributed by atoms with Crippen LogP contribution in [-0.4, -0.2) is 18.5 Å². The minimum absolute atomic E-state index is 0.0750. The first-order valence-corrected chi connectivity index (χ1v) is 7.29. The van der Waals surface area contributed by atoms with Crippen molar-refractivity contribution in [1.29, 1.82) is 0 Å². The predicted octanol–water partition coefficient (Wildman–Crippen LogP) is 2.97. The van der Waals surface area contributed by atoms with Gasteiger partial charge in [0.15, 0.2) is 0 Å². The lowest BCUT2D eigenvalue weighted by Gasteiger charge is -2.26. The van der Waals surface area contributed by atoms with E-state index in [0.717, 1.165) is 31.5 Å². The SMILES string of the molecule is CC(C)CCCNC(=O)C1CCc2ccccc2N1. The minimum atomic E-state index is -0.0750. The van der Waals surface area contributed by atoms with Gasteiger partial charge in [-0.1, -0.05) is 32.0 Å². The highest BCUT2D eigenvalue weighted by Crippen LogP contribution is 2.24. The number of benzene rings is 1. The molecule has 19 heavy (non-hydrogen) atoms. The van der Waals surface area contributed by atoms with Gasteiger partial charge in [0.1, 0.15) is 6.04 Å². The average Bonchev–Trinajstić information content (AvgIpc) is 2.42. The van der Waals surface area contributed by atoms with Gasteiger partial charge in [0.2, 0.25) is 5.91 Å². The highest BCUT2D eigenvalue weighted by Gasteiger charge is 2.22. The molecule has 1 atom stereocenters. The zero-order chi connectivity index (χ0) is 13.7. The van der Waals surface area contributed by atoms with E-state index in [9.17, 15) is 4.79 Å². The van der Waals surface area contributed by atoms with E-state index < -0.39 is 0 Å². The molecule has 1 amide bonds. The summed E-state index contributed by atoms with van der Waals surface area (Å²) in [7, 11) is 0. The van der Waals surface area contributed by atoms with Crippen LogP contribution in [0.2, 0.25) is 0 Å². The fourth-order valence-electron chi connectivity index (χ4n) is 2.48. The number of carbonyl (C=O) groups is 1. The lowest BCUT2D eigenvalue weighted by molar-refractivity contribution is -0.122. The van der Waals surface area contributed by atoms with E-state index in [1.165, 1.54) is 12.0 Å². The Morgan fingerprint density at radius 2 is 2.21 bits per heavy atom. The van der Waals surface area contributed by atoms with Gasteiger partial charge in [0.25, 0.3) is 0 Å². The summed E-state index contributed by atoms with van der Waals surface area (Å²) in [6.07, 6.45) is 4.09. The molecule has 0 aromatic heterocycles. The molecule has 104 valence electrons. The molecule has 2 rings (SSSR count). The van der Waals surface area contributed by atoms with E-state index in [1.54, 1.807) is 0 Å². The second-order valence-corrected chi connectivity index (χ2v) is 5.72. The van der Waals surface area contributed by atoms with Crippen molar-refractivity contribution < 1.29 is 4.79 Å². The molecule has 1 aliphatic rings. The van der Waals surface area contributed by atoms with Gasteiger partial charge in [-0.2, -0.15) is 0 Å². The van der Waals surface area contributed by atoms with Crippen molar-refractivity contribution in [2.45, 2.75) is 45.6 Å². The molecule has 0 bridgehead atoms. The van der Waals surface area contributed by atoms with Crippen molar-refractivity contribution in [1.82, 2.24) is 5.32 Å². The highest BCUT2D eigenvalue weighted by molar-refractivity contribution is 5.85. The molecule has 3 nitrogen and oxygen atoms in total. The van der Waals surface area contributed by atoms with Gasteiger partial charge < -0.3 is 10.6 Å². The van der Waals surface area contributed by atoms with Crippen LogP contribution in [0.1, 0.15) is 38.7 Å². The van der Waals surface area contributed by atoms with Gasteiger partial charge in [-0.3, -0.25) is 4.79 Å². The Labute approximate surface area is 115 Å². The van der Waals surface area contributed by atoms with Gasteiger partial charge in [-0.05, 0) is 43.2 Å². The van der Waals surface area contributed by atoms with Crippen molar-refractivity contribution in [2.75, 3.05) is 11.9 Å². The van der Waals surface area contributed by atoms with Crippen molar-refractivity contribution in [3.8, 4) is 0 Å². The number of rotatable bonds is 5. The summed E-state index contributed by atoms with van der Waals surface area (Å²) in [5, 5.41) is 6.37. The van der Waals surface area contributed by atoms with Gasteiger partial charge in [0.05, 0.1) is 0 Å². The first kappa shape index (κ1) is 13.9. The van der Waals surface area contributed by atoms with Crippen LogP contribution in [0.15, 0.2) is 24.3 Å². The minimum Gasteiger partial charge on any atom is -0.373 e. The van der Waals surface area contributed by atoms with Crippen molar-refractivity contribution in [3.63, 3.8) is 0 Å². The monoisotopic (exact) mass is 260 g/mol. The number of amides is 1. The molecular weight excluding hydrogens is 236 g/mol. The number of hydrogen-bond donors (Lipinski definition) is 2. The molecule has 0 saturated carbocycles. The maximum atomic E-state index is 12.1. The Morgan fingerprint density at radius 3 is 3.00 bits per heavy atom. The summed E-state index contributed by atoms with van der Waals surface area (Å²) in [5.41, 5.74) is 2.42. The molecule has 2 N–H and O–H groups in total. The van der Waals surface area contributed by atoms with Crippen molar-refractivity contribution >= 4 is 11.6 Å². The Hall–Kier alpha value is -1.51. The smallest absolute Gasteiger partial charge is 0.242 e. The average molecular weight is 260 g/mol. The third kappa shape index (κ3) is 3.98. The second-order valence-electron chi connectivity index (χ2n) is 5.72. The van der Waals surface area contributed by atoms with Crippen LogP contribution < -0.4 is 10.6 Å². The molecule has 1 unspecified atom stereocenters. The lowest BCUT2D eigenvalue weighted by Crippen LogP contribution is -2.42. The molecule has 0 radical (unpaired) electrons. The Morgan fingerprint density at radius 1 is 1.42 bits per heavy atom. The van der Waals surface area contributed by atoms with Crippen LogP contribution in [0.3, 0.4) is 0 Å². The molecule has 0 spiro atoms. The van der Waals surface area contributed by atoms with Gasteiger partial charge in [0, 0.05) is 12.2 Å². The fraction of sp³-hybridized carbons (Fsp3) is 0.562. The lowest BCUT2D eigenvalue weighted by atomic mass is 9.97. The zero-order valence-corrected chi connectivity index (χ0v) is 11.9. The largest absolute Gasteiger partial charge is 0.373 e. The van der Waals surface area contributed by atoms with Crippen LogP contribution in [0.5, 0.6) is 0 Å². The van der Waals surface area contributed by atoms with Crippen LogP contribution in [-0.2, 0) is 11.2 Å². The third-order valence-electron chi connectivity index (χ3n) is 3.62. The molecule has 1 aliphatic heterocycles. The number of anilines is 1. The van der Waals surface area contributed by atoms with Crippen molar-refractivity contribution in [3.05, 3.63) is 29.8 Å². The number of nitrogens with one attached hydrogen (secondary N) is 2. The van der Waals surface area contributed by atoms with Crippen LogP contribution in [0.4, 0.5) is 5.69 Å². The number of fused-ring (bicyclic) bond motifs is 1. The Balaban J connectivity index is 1.79. The molecule has 0 fully saturated rings. The standard InChI is InChI=1S/C16H24N2O/c1-12(2)6-5-11-17-16(19)15-10-9-13-7-3-4-8-14(13)18-15/h3-4,7-8,12,15,18H,5-6,9-11H2,1-2H3,(H,17,19). The number of aryl methyl sites for hydroxylation is 1. The predicted molar refractivity (Wildman–Crippen MR) is 79.3 cm³/mol. The van der Waals surface area contributed by atoms with Crippen LogP contribution >= 0.6 is 0 Å². The topological polar surface area (TPSA) is 41.1 Å². The fourth-order valence-corrected chi connectivity index (χ4v) is 2.48. The quantitative estimate of drug-likeness (QED) is 0.799. The normalized spacial score (nSPS) is 17.7. The summed E-state index contributed by atoms with van der Waals surface area (Å²) < 4.78 is 0. The zero-order valence-electron chi connectivity index (χ0n) is 11.9. The van der Waals surface area contributed by atoms with Crippen molar-refractivity contribution in [2.24, 2.45) is 5.92 Å². The molecule has 0 aliphatic carbocycles. The number of carbonyl (C=O) groups excluding carboxylic acids is 1. The Kier molecular flexibility index (Phi) is 4.83. The van der Waals surface area contributed by atoms with Crippen LogP contribution in [0, 0.1) is 5.92 Å². The molecule has 0 saturated heterocycles. The summed E-state index contributed by atoms with van der Waals surface area (Å²) in [4.78, 5) is 12.1. The summed E-state index contributed by atoms with van der Waals surface area (Å²) in [5.74, 6) is 0.842. The summed E-state index contributed by atoms with van der Waals surface area (Å²) in [6, 6.07) is 8.16.